The fourth-order valence-electron chi connectivity index (χ4n) is 5.08. The molecule has 5 rings (SSSR count). The van der Waals surface area contributed by atoms with Crippen molar-refractivity contribution in [1.29, 1.82) is 0 Å². The van der Waals surface area contributed by atoms with Crippen LogP contribution >= 0.6 is 0 Å². The fourth-order valence-corrected chi connectivity index (χ4v) is 5.08. The molecule has 0 spiro atoms. The third-order valence-electron chi connectivity index (χ3n) is 6.98. The van der Waals surface area contributed by atoms with Gasteiger partial charge in [0.05, 0.1) is 24.8 Å². The predicted octanol–water partition coefficient (Wildman–Crippen LogP) is 1.86. The number of rotatable bonds is 5. The average molecular weight is 421 g/mol. The SMILES string of the molecule is COc1ccccc1N1CCN(C(=O)CN2C(=O)[C@@]3(CO)C[C@H]3c3ccccc32)CC1. The minimum Gasteiger partial charge on any atom is -0.495 e. The third kappa shape index (κ3) is 3.15. The summed E-state index contributed by atoms with van der Waals surface area (Å²) >= 11 is 0. The molecule has 162 valence electrons. The summed E-state index contributed by atoms with van der Waals surface area (Å²) in [7, 11) is 1.66. The molecule has 3 aliphatic rings. The summed E-state index contributed by atoms with van der Waals surface area (Å²) in [5, 5.41) is 9.91. The number of hydrogen-bond acceptors (Lipinski definition) is 5. The smallest absolute Gasteiger partial charge is 0.242 e. The second kappa shape index (κ2) is 7.57. The van der Waals surface area contributed by atoms with E-state index in [4.69, 9.17) is 4.74 Å². The van der Waals surface area contributed by atoms with Gasteiger partial charge in [0.1, 0.15) is 12.3 Å². The van der Waals surface area contributed by atoms with Crippen molar-refractivity contribution in [3.8, 4) is 5.75 Å². The summed E-state index contributed by atoms with van der Waals surface area (Å²) in [4.78, 5) is 31.9. The van der Waals surface area contributed by atoms with Crippen LogP contribution in [-0.4, -0.2) is 68.3 Å². The molecule has 2 heterocycles. The Balaban J connectivity index is 1.29. The quantitative estimate of drug-likeness (QED) is 0.798. The van der Waals surface area contributed by atoms with E-state index in [0.717, 1.165) is 22.7 Å². The first-order valence-electron chi connectivity index (χ1n) is 10.8. The van der Waals surface area contributed by atoms with Gasteiger partial charge in [0, 0.05) is 37.8 Å². The lowest BCUT2D eigenvalue weighted by atomic mass is 9.92. The summed E-state index contributed by atoms with van der Waals surface area (Å²) in [5.74, 6) is 0.706. The molecule has 0 bridgehead atoms. The second-order valence-electron chi connectivity index (χ2n) is 8.56. The van der Waals surface area contributed by atoms with Gasteiger partial charge in [-0.15, -0.1) is 0 Å². The highest BCUT2D eigenvalue weighted by Gasteiger charge is 2.65. The number of piperazine rings is 1. The maximum Gasteiger partial charge on any atom is 0.242 e. The zero-order valence-electron chi connectivity index (χ0n) is 17.7. The van der Waals surface area contributed by atoms with E-state index >= 15 is 0 Å². The van der Waals surface area contributed by atoms with Crippen molar-refractivity contribution >= 4 is 23.2 Å². The van der Waals surface area contributed by atoms with Gasteiger partial charge >= 0.3 is 0 Å². The van der Waals surface area contributed by atoms with E-state index in [-0.39, 0.29) is 30.9 Å². The van der Waals surface area contributed by atoms with Gasteiger partial charge in [-0.05, 0) is 30.2 Å². The van der Waals surface area contributed by atoms with Crippen LogP contribution in [0, 0.1) is 5.41 Å². The van der Waals surface area contributed by atoms with Crippen LogP contribution < -0.4 is 14.5 Å². The lowest BCUT2D eigenvalue weighted by molar-refractivity contribution is -0.133. The van der Waals surface area contributed by atoms with Crippen LogP contribution in [0.3, 0.4) is 0 Å². The van der Waals surface area contributed by atoms with Crippen LogP contribution in [0.5, 0.6) is 5.75 Å². The first-order valence-corrected chi connectivity index (χ1v) is 10.8. The van der Waals surface area contributed by atoms with Crippen LogP contribution in [0.1, 0.15) is 17.9 Å². The zero-order chi connectivity index (χ0) is 21.6. The predicted molar refractivity (Wildman–Crippen MR) is 117 cm³/mol. The number of ether oxygens (including phenoxy) is 1. The van der Waals surface area contributed by atoms with E-state index in [1.165, 1.54) is 0 Å². The van der Waals surface area contributed by atoms with Crippen molar-refractivity contribution in [3.05, 3.63) is 54.1 Å². The van der Waals surface area contributed by atoms with Gasteiger partial charge in [0.25, 0.3) is 0 Å². The molecule has 31 heavy (non-hydrogen) atoms. The molecular weight excluding hydrogens is 394 g/mol. The van der Waals surface area contributed by atoms with E-state index in [0.29, 0.717) is 32.6 Å². The minimum atomic E-state index is -0.739. The van der Waals surface area contributed by atoms with Gasteiger partial charge in [-0.1, -0.05) is 30.3 Å². The van der Waals surface area contributed by atoms with E-state index < -0.39 is 5.41 Å². The fraction of sp³-hybridized carbons (Fsp3) is 0.417. The molecule has 2 amide bonds. The number of aliphatic hydroxyl groups is 1. The first-order chi connectivity index (χ1) is 15.1. The van der Waals surface area contributed by atoms with E-state index in [1.54, 1.807) is 12.0 Å². The Morgan fingerprint density at radius 3 is 2.45 bits per heavy atom. The molecule has 1 saturated carbocycles. The van der Waals surface area contributed by atoms with Crippen LogP contribution in [0.25, 0.3) is 0 Å². The molecule has 2 fully saturated rings. The van der Waals surface area contributed by atoms with Gasteiger partial charge in [-0.25, -0.2) is 0 Å². The number of benzene rings is 2. The Bertz CT molecular complexity index is 1020. The minimum absolute atomic E-state index is 0.0129. The number of nitrogens with zero attached hydrogens (tertiary/aromatic N) is 3. The summed E-state index contributed by atoms with van der Waals surface area (Å²) in [6, 6.07) is 15.6. The van der Waals surface area contributed by atoms with Crippen molar-refractivity contribution in [2.75, 3.05) is 56.2 Å². The molecule has 1 N–H and O–H groups in total. The van der Waals surface area contributed by atoms with E-state index in [2.05, 4.69) is 4.90 Å². The van der Waals surface area contributed by atoms with Gasteiger partial charge < -0.3 is 24.5 Å². The zero-order valence-corrected chi connectivity index (χ0v) is 17.7. The number of amides is 2. The van der Waals surface area contributed by atoms with Crippen molar-refractivity contribution in [3.63, 3.8) is 0 Å². The lowest BCUT2D eigenvalue weighted by Gasteiger charge is -2.38. The third-order valence-corrected chi connectivity index (χ3v) is 6.98. The van der Waals surface area contributed by atoms with Crippen molar-refractivity contribution in [2.24, 2.45) is 5.41 Å². The van der Waals surface area contributed by atoms with Crippen LogP contribution in [0.2, 0.25) is 0 Å². The van der Waals surface area contributed by atoms with Crippen molar-refractivity contribution in [2.45, 2.75) is 12.3 Å². The topological polar surface area (TPSA) is 73.3 Å². The normalized spacial score (nSPS) is 24.5. The molecule has 1 aliphatic carbocycles. The van der Waals surface area contributed by atoms with Gasteiger partial charge in [0.2, 0.25) is 11.8 Å². The maximum absolute atomic E-state index is 13.2. The number of hydrogen-bond donors (Lipinski definition) is 1. The van der Waals surface area contributed by atoms with Gasteiger partial charge in [-0.3, -0.25) is 9.59 Å². The molecule has 0 aromatic heterocycles. The first kappa shape index (κ1) is 19.9. The van der Waals surface area contributed by atoms with Gasteiger partial charge in [0.15, 0.2) is 0 Å². The molecule has 2 aromatic carbocycles. The van der Waals surface area contributed by atoms with E-state index in [9.17, 15) is 14.7 Å². The molecule has 7 nitrogen and oxygen atoms in total. The highest BCUT2D eigenvalue weighted by molar-refractivity contribution is 6.07. The second-order valence-corrected chi connectivity index (χ2v) is 8.56. The summed E-state index contributed by atoms with van der Waals surface area (Å²) < 4.78 is 5.47. The number of fused-ring (bicyclic) bond motifs is 3. The van der Waals surface area contributed by atoms with Crippen LogP contribution in [0.15, 0.2) is 48.5 Å². The summed E-state index contributed by atoms with van der Waals surface area (Å²) in [6.45, 7) is 2.44. The highest BCUT2D eigenvalue weighted by atomic mass is 16.5. The van der Waals surface area contributed by atoms with Crippen molar-refractivity contribution < 1.29 is 19.4 Å². The Labute approximate surface area is 181 Å². The van der Waals surface area contributed by atoms with Crippen LogP contribution in [-0.2, 0) is 9.59 Å². The standard InChI is InChI=1S/C24H27N3O4/c1-31-21-9-5-4-8-20(21)25-10-12-26(13-11-25)22(29)15-27-19-7-3-2-6-17(19)18-14-24(18,16-28)23(27)30/h2-9,18,28H,10-16H2,1H3/t18-,24+/m0/s1. The average Bonchev–Trinajstić information content (AvgIpc) is 3.58. The summed E-state index contributed by atoms with van der Waals surface area (Å²) in [6.07, 6.45) is 0.654. The van der Waals surface area contributed by atoms with E-state index in [1.807, 2.05) is 53.4 Å². The van der Waals surface area contributed by atoms with Gasteiger partial charge in [-0.2, -0.15) is 0 Å². The Hall–Kier alpha value is -3.06. The number of para-hydroxylation sites is 3. The lowest BCUT2D eigenvalue weighted by Crippen LogP contribution is -2.53. The number of anilines is 2. The molecule has 2 atom stereocenters. The molecule has 7 heteroatoms. The molecule has 1 saturated heterocycles. The van der Waals surface area contributed by atoms with Crippen molar-refractivity contribution in [1.82, 2.24) is 4.90 Å². The number of aliphatic hydroxyl groups excluding tert-OH is 1. The maximum atomic E-state index is 13.2. The largest absolute Gasteiger partial charge is 0.495 e. The Morgan fingerprint density at radius 1 is 1.06 bits per heavy atom. The summed E-state index contributed by atoms with van der Waals surface area (Å²) in [5.41, 5.74) is 2.16. The monoisotopic (exact) mass is 421 g/mol. The Morgan fingerprint density at radius 2 is 1.74 bits per heavy atom. The molecule has 0 radical (unpaired) electrons. The molecule has 2 aliphatic heterocycles. The number of carbonyl (C=O) groups is 2. The molecular formula is C24H27N3O4. The highest BCUT2D eigenvalue weighted by Crippen LogP contribution is 2.64. The molecule has 0 unspecified atom stereocenters. The Kier molecular flexibility index (Phi) is 4.85. The number of carbonyl (C=O) groups excluding carboxylic acids is 2. The number of methoxy groups -OCH3 is 1. The van der Waals surface area contributed by atoms with Crippen LogP contribution in [0.4, 0.5) is 11.4 Å². The molecule has 2 aromatic rings.